The van der Waals surface area contributed by atoms with E-state index in [4.69, 9.17) is 0 Å². The highest BCUT2D eigenvalue weighted by atomic mass is 16.3. The SMILES string of the molecule is CNCC(C)C(=O)N1CCC(O)C(C)C1. The smallest absolute Gasteiger partial charge is 0.226 e. The van der Waals surface area contributed by atoms with Crippen molar-refractivity contribution < 1.29 is 9.90 Å². The Kier molecular flexibility index (Phi) is 4.54. The van der Waals surface area contributed by atoms with Crippen LogP contribution in [0.2, 0.25) is 0 Å². The number of likely N-dealkylation sites (tertiary alicyclic amines) is 1. The van der Waals surface area contributed by atoms with E-state index in [-0.39, 0.29) is 23.8 Å². The zero-order valence-electron chi connectivity index (χ0n) is 9.86. The molecule has 15 heavy (non-hydrogen) atoms. The van der Waals surface area contributed by atoms with E-state index in [1.54, 1.807) is 0 Å². The topological polar surface area (TPSA) is 52.6 Å². The maximum absolute atomic E-state index is 11.9. The highest BCUT2D eigenvalue weighted by Crippen LogP contribution is 2.18. The molecule has 0 aromatic heterocycles. The lowest BCUT2D eigenvalue weighted by atomic mass is 9.95. The van der Waals surface area contributed by atoms with E-state index in [9.17, 15) is 9.90 Å². The molecule has 1 amide bonds. The summed E-state index contributed by atoms with van der Waals surface area (Å²) < 4.78 is 0. The average Bonchev–Trinajstić information content (AvgIpc) is 2.21. The number of hydrogen-bond donors (Lipinski definition) is 2. The molecule has 4 heteroatoms. The number of nitrogens with zero attached hydrogens (tertiary/aromatic N) is 1. The fraction of sp³-hybridized carbons (Fsp3) is 0.909. The van der Waals surface area contributed by atoms with Crippen LogP contribution in [0.3, 0.4) is 0 Å². The summed E-state index contributed by atoms with van der Waals surface area (Å²) in [5, 5.41) is 12.6. The Morgan fingerprint density at radius 2 is 2.33 bits per heavy atom. The lowest BCUT2D eigenvalue weighted by molar-refractivity contribution is -0.138. The van der Waals surface area contributed by atoms with Gasteiger partial charge in [0.1, 0.15) is 0 Å². The molecule has 4 nitrogen and oxygen atoms in total. The average molecular weight is 214 g/mol. The summed E-state index contributed by atoms with van der Waals surface area (Å²) in [6.07, 6.45) is 0.466. The normalized spacial score (nSPS) is 28.9. The molecule has 0 saturated carbocycles. The van der Waals surface area contributed by atoms with Gasteiger partial charge in [-0.3, -0.25) is 4.79 Å². The lowest BCUT2D eigenvalue weighted by Gasteiger charge is -2.35. The van der Waals surface area contributed by atoms with Crippen LogP contribution >= 0.6 is 0 Å². The van der Waals surface area contributed by atoms with E-state index in [0.717, 1.165) is 0 Å². The molecule has 1 aliphatic heterocycles. The van der Waals surface area contributed by atoms with Gasteiger partial charge in [0.2, 0.25) is 5.91 Å². The quantitative estimate of drug-likeness (QED) is 0.699. The summed E-state index contributed by atoms with van der Waals surface area (Å²) in [4.78, 5) is 13.8. The van der Waals surface area contributed by atoms with Gasteiger partial charge in [0.25, 0.3) is 0 Å². The molecule has 3 unspecified atom stereocenters. The molecule has 1 rings (SSSR count). The lowest BCUT2D eigenvalue weighted by Crippen LogP contribution is -2.47. The second-order valence-electron chi connectivity index (χ2n) is 4.58. The van der Waals surface area contributed by atoms with Crippen molar-refractivity contribution in [2.75, 3.05) is 26.7 Å². The molecule has 1 saturated heterocycles. The molecular weight excluding hydrogens is 192 g/mol. The highest BCUT2D eigenvalue weighted by molar-refractivity contribution is 5.78. The Bertz CT molecular complexity index is 221. The van der Waals surface area contributed by atoms with Gasteiger partial charge in [-0.15, -0.1) is 0 Å². The number of piperidine rings is 1. The summed E-state index contributed by atoms with van der Waals surface area (Å²) >= 11 is 0. The zero-order valence-corrected chi connectivity index (χ0v) is 9.86. The van der Waals surface area contributed by atoms with Crippen LogP contribution in [0.4, 0.5) is 0 Å². The van der Waals surface area contributed by atoms with Gasteiger partial charge >= 0.3 is 0 Å². The largest absolute Gasteiger partial charge is 0.393 e. The third-order valence-electron chi connectivity index (χ3n) is 3.10. The Morgan fingerprint density at radius 1 is 1.67 bits per heavy atom. The number of hydrogen-bond acceptors (Lipinski definition) is 3. The first-order valence-corrected chi connectivity index (χ1v) is 5.67. The van der Waals surface area contributed by atoms with Crippen molar-refractivity contribution >= 4 is 5.91 Å². The molecule has 1 aliphatic rings. The van der Waals surface area contributed by atoms with Crippen molar-refractivity contribution in [1.29, 1.82) is 0 Å². The van der Waals surface area contributed by atoms with Crippen molar-refractivity contribution in [3.05, 3.63) is 0 Å². The minimum atomic E-state index is -0.242. The van der Waals surface area contributed by atoms with Crippen LogP contribution in [0.1, 0.15) is 20.3 Å². The minimum Gasteiger partial charge on any atom is -0.393 e. The number of carbonyl (C=O) groups is 1. The number of aliphatic hydroxyl groups is 1. The predicted molar refractivity (Wildman–Crippen MR) is 59.5 cm³/mol. The second-order valence-corrected chi connectivity index (χ2v) is 4.58. The number of aliphatic hydroxyl groups excluding tert-OH is 1. The molecule has 0 bridgehead atoms. The van der Waals surface area contributed by atoms with Gasteiger partial charge in [-0.2, -0.15) is 0 Å². The van der Waals surface area contributed by atoms with Gasteiger partial charge in [-0.05, 0) is 19.4 Å². The van der Waals surface area contributed by atoms with Crippen molar-refractivity contribution in [2.24, 2.45) is 11.8 Å². The number of nitrogens with one attached hydrogen (secondary N) is 1. The van der Waals surface area contributed by atoms with Gasteiger partial charge in [0.15, 0.2) is 0 Å². The van der Waals surface area contributed by atoms with Crippen LogP contribution in [-0.2, 0) is 4.79 Å². The van der Waals surface area contributed by atoms with Crippen LogP contribution in [0.25, 0.3) is 0 Å². The van der Waals surface area contributed by atoms with Gasteiger partial charge < -0.3 is 15.3 Å². The number of carbonyl (C=O) groups excluding carboxylic acids is 1. The Morgan fingerprint density at radius 3 is 2.87 bits per heavy atom. The summed E-state index contributed by atoms with van der Waals surface area (Å²) in [6, 6.07) is 0. The fourth-order valence-corrected chi connectivity index (χ4v) is 2.04. The first kappa shape index (κ1) is 12.5. The number of amides is 1. The third-order valence-corrected chi connectivity index (χ3v) is 3.10. The van der Waals surface area contributed by atoms with Gasteiger partial charge in [0.05, 0.1) is 6.10 Å². The molecule has 3 atom stereocenters. The third kappa shape index (κ3) is 3.18. The van der Waals surface area contributed by atoms with Crippen LogP contribution < -0.4 is 5.32 Å². The van der Waals surface area contributed by atoms with Crippen LogP contribution in [0, 0.1) is 11.8 Å². The first-order chi connectivity index (χ1) is 7.06. The van der Waals surface area contributed by atoms with Crippen molar-refractivity contribution in [2.45, 2.75) is 26.4 Å². The van der Waals surface area contributed by atoms with E-state index >= 15 is 0 Å². The molecule has 0 spiro atoms. The molecule has 0 radical (unpaired) electrons. The molecule has 0 aliphatic carbocycles. The van der Waals surface area contributed by atoms with Crippen LogP contribution in [0.15, 0.2) is 0 Å². The van der Waals surface area contributed by atoms with Gasteiger partial charge in [-0.25, -0.2) is 0 Å². The Labute approximate surface area is 91.6 Å². The number of rotatable bonds is 3. The molecule has 88 valence electrons. The monoisotopic (exact) mass is 214 g/mol. The van der Waals surface area contributed by atoms with Crippen LogP contribution in [0.5, 0.6) is 0 Å². The first-order valence-electron chi connectivity index (χ1n) is 5.67. The second kappa shape index (κ2) is 5.47. The minimum absolute atomic E-state index is 0.0254. The van der Waals surface area contributed by atoms with Crippen LogP contribution in [-0.4, -0.2) is 48.7 Å². The fourth-order valence-electron chi connectivity index (χ4n) is 2.04. The Hall–Kier alpha value is -0.610. The van der Waals surface area contributed by atoms with Crippen molar-refractivity contribution in [3.8, 4) is 0 Å². The van der Waals surface area contributed by atoms with Crippen molar-refractivity contribution in [1.82, 2.24) is 10.2 Å². The molecule has 2 N–H and O–H groups in total. The summed E-state index contributed by atoms with van der Waals surface area (Å²) in [6.45, 7) is 6.03. The molecule has 1 heterocycles. The standard InChI is InChI=1S/C11H22N2O2/c1-8(6-12-3)11(15)13-5-4-10(14)9(2)7-13/h8-10,12,14H,4-7H2,1-3H3. The van der Waals surface area contributed by atoms with Gasteiger partial charge in [-0.1, -0.05) is 13.8 Å². The molecule has 0 aromatic carbocycles. The zero-order chi connectivity index (χ0) is 11.4. The summed E-state index contributed by atoms with van der Waals surface area (Å²) in [5.41, 5.74) is 0. The molecule has 0 aromatic rings. The van der Waals surface area contributed by atoms with E-state index in [2.05, 4.69) is 5.32 Å². The van der Waals surface area contributed by atoms with E-state index in [0.29, 0.717) is 26.1 Å². The summed E-state index contributed by atoms with van der Waals surface area (Å²) in [5.74, 6) is 0.421. The van der Waals surface area contributed by atoms with E-state index < -0.39 is 0 Å². The highest BCUT2D eigenvalue weighted by Gasteiger charge is 2.28. The predicted octanol–water partition coefficient (Wildman–Crippen LogP) is 0.0712. The Balaban J connectivity index is 2.47. The summed E-state index contributed by atoms with van der Waals surface area (Å²) in [7, 11) is 1.85. The molecule has 1 fully saturated rings. The molecular formula is C11H22N2O2. The maximum Gasteiger partial charge on any atom is 0.226 e. The van der Waals surface area contributed by atoms with Gasteiger partial charge in [0, 0.05) is 25.6 Å². The maximum atomic E-state index is 11.9. The van der Waals surface area contributed by atoms with Crippen molar-refractivity contribution in [3.63, 3.8) is 0 Å². The van der Waals surface area contributed by atoms with E-state index in [1.807, 2.05) is 25.8 Å². The van der Waals surface area contributed by atoms with E-state index in [1.165, 1.54) is 0 Å².